The topological polar surface area (TPSA) is 108 Å². The number of rotatable bonds is 13. The number of amides is 1. The molecule has 3 aromatic rings. The summed E-state index contributed by atoms with van der Waals surface area (Å²) >= 11 is 0. The number of unbranched alkanes of at least 4 members (excludes halogenated alkanes) is 1. The van der Waals surface area contributed by atoms with Gasteiger partial charge in [0.05, 0.1) is 18.8 Å². The van der Waals surface area contributed by atoms with Crippen LogP contribution in [0.2, 0.25) is 0 Å². The molecule has 2 saturated heterocycles. The van der Waals surface area contributed by atoms with E-state index in [0.29, 0.717) is 25.8 Å². The van der Waals surface area contributed by atoms with Crippen LogP contribution in [0.15, 0.2) is 72.8 Å². The normalized spacial score (nSPS) is 20.7. The SMILES string of the molecule is O=C(O)CCCCC(=O)NCc1ccccc1-c1ccc([C@H]2O[C@@H](CN3CCCCC3)C[C@@H](c3ccc(CO)cc3)O2)cc1. The van der Waals surface area contributed by atoms with Gasteiger partial charge in [-0.15, -0.1) is 0 Å². The number of benzene rings is 3. The minimum atomic E-state index is -0.836. The lowest BCUT2D eigenvalue weighted by atomic mass is 9.97. The van der Waals surface area contributed by atoms with Gasteiger partial charge < -0.3 is 29.9 Å². The van der Waals surface area contributed by atoms with Crippen LogP contribution in [-0.2, 0) is 32.2 Å². The fraction of sp³-hybridized carbons (Fsp3) is 0.444. The molecule has 0 spiro atoms. The van der Waals surface area contributed by atoms with E-state index in [1.54, 1.807) is 0 Å². The third-order valence-corrected chi connectivity index (χ3v) is 8.56. The van der Waals surface area contributed by atoms with Crippen molar-refractivity contribution in [2.24, 2.45) is 0 Å². The number of hydrogen-bond donors (Lipinski definition) is 3. The number of aliphatic hydroxyl groups is 1. The standard InChI is InChI=1S/C36H44N2O6/c39-25-26-12-14-28(15-13-26)33-22-31(24-38-20-6-1-7-21-38)43-36(44-33)29-18-16-27(17-19-29)32-9-3-2-8-30(32)23-37-34(40)10-4-5-11-35(41)42/h2-3,8-9,12-19,31,33,36,39H,1,4-7,10-11,20-25H2,(H,37,40)(H,41,42)/t31-,33+,36+/m1/s1. The lowest BCUT2D eigenvalue weighted by molar-refractivity contribution is -0.253. The summed E-state index contributed by atoms with van der Waals surface area (Å²) in [5, 5.41) is 21.3. The molecule has 0 aliphatic carbocycles. The maximum absolute atomic E-state index is 12.3. The van der Waals surface area contributed by atoms with Gasteiger partial charge in [0.1, 0.15) is 0 Å². The van der Waals surface area contributed by atoms with Crippen LogP contribution in [0.1, 0.15) is 86.0 Å². The molecule has 8 nitrogen and oxygen atoms in total. The molecule has 8 heteroatoms. The molecule has 1 amide bonds. The number of ether oxygens (including phenoxy) is 2. The van der Waals surface area contributed by atoms with Gasteiger partial charge in [-0.1, -0.05) is 79.2 Å². The molecule has 2 heterocycles. The van der Waals surface area contributed by atoms with E-state index in [1.165, 1.54) is 19.3 Å². The number of carbonyl (C=O) groups excluding carboxylic acids is 1. The van der Waals surface area contributed by atoms with Crippen LogP contribution in [0.25, 0.3) is 11.1 Å². The Morgan fingerprint density at radius 3 is 2.27 bits per heavy atom. The van der Waals surface area contributed by atoms with Crippen molar-refractivity contribution in [2.45, 2.75) is 83.0 Å². The van der Waals surface area contributed by atoms with Gasteiger partial charge in [0.25, 0.3) is 0 Å². The predicted octanol–water partition coefficient (Wildman–Crippen LogP) is 6.14. The van der Waals surface area contributed by atoms with Crippen molar-refractivity contribution >= 4 is 11.9 Å². The second-order valence-electron chi connectivity index (χ2n) is 11.9. The van der Waals surface area contributed by atoms with Crippen molar-refractivity contribution in [2.75, 3.05) is 19.6 Å². The average Bonchev–Trinajstić information content (AvgIpc) is 3.06. The van der Waals surface area contributed by atoms with Crippen LogP contribution in [0, 0.1) is 0 Å². The quantitative estimate of drug-likeness (QED) is 0.202. The Kier molecular flexibility index (Phi) is 11.5. The summed E-state index contributed by atoms with van der Waals surface area (Å²) in [5.74, 6) is -0.913. The number of hydrogen-bond acceptors (Lipinski definition) is 6. The van der Waals surface area contributed by atoms with Crippen LogP contribution in [0.4, 0.5) is 0 Å². The van der Waals surface area contributed by atoms with Crippen LogP contribution in [0.3, 0.4) is 0 Å². The van der Waals surface area contributed by atoms with E-state index in [1.807, 2.05) is 42.5 Å². The smallest absolute Gasteiger partial charge is 0.303 e. The highest BCUT2D eigenvalue weighted by Crippen LogP contribution is 2.39. The Balaban J connectivity index is 1.26. The van der Waals surface area contributed by atoms with E-state index in [4.69, 9.17) is 14.6 Å². The zero-order valence-corrected chi connectivity index (χ0v) is 25.3. The molecule has 3 atom stereocenters. The molecule has 0 bridgehead atoms. The van der Waals surface area contributed by atoms with Crippen LogP contribution in [-0.4, -0.2) is 52.7 Å². The fourth-order valence-corrected chi connectivity index (χ4v) is 6.08. The summed E-state index contributed by atoms with van der Waals surface area (Å²) in [6.07, 6.45) is 5.44. The number of carboxylic acid groups (broad SMARTS) is 1. The van der Waals surface area contributed by atoms with Crippen molar-refractivity contribution in [1.29, 1.82) is 0 Å². The van der Waals surface area contributed by atoms with Crippen molar-refractivity contribution in [3.8, 4) is 11.1 Å². The molecule has 5 rings (SSSR count). The minimum absolute atomic E-state index is 0.0194. The average molecular weight is 601 g/mol. The first-order chi connectivity index (χ1) is 21.5. The molecule has 3 aromatic carbocycles. The molecule has 0 aromatic heterocycles. The first-order valence-electron chi connectivity index (χ1n) is 15.9. The maximum atomic E-state index is 12.3. The van der Waals surface area contributed by atoms with Crippen LogP contribution in [0.5, 0.6) is 0 Å². The van der Waals surface area contributed by atoms with E-state index < -0.39 is 12.3 Å². The van der Waals surface area contributed by atoms with Crippen LogP contribution >= 0.6 is 0 Å². The Morgan fingerprint density at radius 1 is 0.841 bits per heavy atom. The molecular formula is C36H44N2O6. The van der Waals surface area contributed by atoms with E-state index >= 15 is 0 Å². The zero-order valence-electron chi connectivity index (χ0n) is 25.3. The lowest BCUT2D eigenvalue weighted by Gasteiger charge is -2.39. The Hall–Kier alpha value is -3.56. The van der Waals surface area contributed by atoms with Crippen molar-refractivity contribution in [3.05, 3.63) is 95.1 Å². The van der Waals surface area contributed by atoms with E-state index in [0.717, 1.165) is 59.4 Å². The highest BCUT2D eigenvalue weighted by Gasteiger charge is 2.33. The van der Waals surface area contributed by atoms with Gasteiger partial charge in [-0.2, -0.15) is 0 Å². The number of carbonyl (C=O) groups is 2. The highest BCUT2D eigenvalue weighted by molar-refractivity contribution is 5.76. The summed E-state index contributed by atoms with van der Waals surface area (Å²) in [4.78, 5) is 25.5. The molecule has 3 N–H and O–H groups in total. The fourth-order valence-electron chi connectivity index (χ4n) is 6.08. The van der Waals surface area contributed by atoms with Gasteiger partial charge >= 0.3 is 5.97 Å². The molecule has 2 fully saturated rings. The predicted molar refractivity (Wildman–Crippen MR) is 169 cm³/mol. The minimum Gasteiger partial charge on any atom is -0.481 e. The molecular weight excluding hydrogens is 556 g/mol. The largest absolute Gasteiger partial charge is 0.481 e. The number of nitrogens with one attached hydrogen (secondary N) is 1. The first-order valence-corrected chi connectivity index (χ1v) is 15.9. The third-order valence-electron chi connectivity index (χ3n) is 8.56. The summed E-state index contributed by atoms with van der Waals surface area (Å²) in [7, 11) is 0. The monoisotopic (exact) mass is 600 g/mol. The van der Waals surface area contributed by atoms with Gasteiger partial charge in [-0.05, 0) is 66.6 Å². The second-order valence-corrected chi connectivity index (χ2v) is 11.9. The summed E-state index contributed by atoms with van der Waals surface area (Å²) < 4.78 is 13.1. The molecule has 44 heavy (non-hydrogen) atoms. The van der Waals surface area contributed by atoms with Crippen molar-refractivity contribution < 1.29 is 29.3 Å². The third kappa shape index (κ3) is 8.99. The van der Waals surface area contributed by atoms with Gasteiger partial charge in [-0.25, -0.2) is 0 Å². The first kappa shape index (κ1) is 31.9. The van der Waals surface area contributed by atoms with Gasteiger partial charge in [0.2, 0.25) is 5.91 Å². The van der Waals surface area contributed by atoms with Gasteiger partial charge in [-0.3, -0.25) is 9.59 Å². The Labute approximate surface area is 260 Å². The Bertz CT molecular complexity index is 1350. The molecule has 0 unspecified atom stereocenters. The molecule has 2 aliphatic rings. The number of likely N-dealkylation sites (tertiary alicyclic amines) is 1. The van der Waals surface area contributed by atoms with Crippen LogP contribution < -0.4 is 5.32 Å². The number of aliphatic hydroxyl groups excluding tert-OH is 1. The molecule has 0 radical (unpaired) electrons. The maximum Gasteiger partial charge on any atom is 0.303 e. The van der Waals surface area contributed by atoms with Crippen molar-refractivity contribution in [3.63, 3.8) is 0 Å². The zero-order chi connectivity index (χ0) is 30.7. The molecule has 2 aliphatic heterocycles. The van der Waals surface area contributed by atoms with Crippen molar-refractivity contribution in [1.82, 2.24) is 10.2 Å². The number of piperidine rings is 1. The number of aliphatic carboxylic acids is 1. The van der Waals surface area contributed by atoms with E-state index in [2.05, 4.69) is 40.5 Å². The molecule has 234 valence electrons. The number of carboxylic acids is 1. The molecule has 0 saturated carbocycles. The van der Waals surface area contributed by atoms with E-state index in [-0.39, 0.29) is 31.1 Å². The lowest BCUT2D eigenvalue weighted by Crippen LogP contribution is -2.41. The van der Waals surface area contributed by atoms with E-state index in [9.17, 15) is 14.7 Å². The van der Waals surface area contributed by atoms with Gasteiger partial charge in [0.15, 0.2) is 6.29 Å². The summed E-state index contributed by atoms with van der Waals surface area (Å²) in [6.45, 7) is 3.54. The van der Waals surface area contributed by atoms with Gasteiger partial charge in [0, 0.05) is 37.9 Å². The number of nitrogens with zero attached hydrogens (tertiary/aromatic N) is 1. The summed E-state index contributed by atoms with van der Waals surface area (Å²) in [6, 6.07) is 24.3. The highest BCUT2D eigenvalue weighted by atomic mass is 16.7. The second kappa shape index (κ2) is 16.0. The Morgan fingerprint density at radius 2 is 1.55 bits per heavy atom. The summed E-state index contributed by atoms with van der Waals surface area (Å²) in [5.41, 5.74) is 6.03.